The molecule has 1 aromatic rings. The van der Waals surface area contributed by atoms with Crippen LogP contribution in [0.1, 0.15) is 5.56 Å². The molecule has 13 heavy (non-hydrogen) atoms. The number of halogens is 3. The largest absolute Gasteiger partial charge is 0.490 e. The van der Waals surface area contributed by atoms with Crippen LogP contribution in [0.3, 0.4) is 0 Å². The summed E-state index contributed by atoms with van der Waals surface area (Å²) in [6.07, 6.45) is 0. The Hall–Kier alpha value is 0.265. The quantitative estimate of drug-likeness (QED) is 0.609. The predicted molar refractivity (Wildman–Crippen MR) is 58.7 cm³/mol. The smallest absolute Gasteiger partial charge is 0.423 e. The first kappa shape index (κ1) is 11.3. The van der Waals surface area contributed by atoms with Gasteiger partial charge < -0.3 is 10.0 Å². The van der Waals surface area contributed by atoms with Gasteiger partial charge in [-0.15, -0.1) is 0 Å². The van der Waals surface area contributed by atoms with Gasteiger partial charge in [-0.3, -0.25) is 0 Å². The zero-order valence-electron chi connectivity index (χ0n) is 6.68. The Bertz CT molecular complexity index is 344. The maximum atomic E-state index is 8.95. The van der Waals surface area contributed by atoms with Crippen molar-refractivity contribution in [2.75, 3.05) is 0 Å². The van der Waals surface area contributed by atoms with Crippen molar-refractivity contribution in [3.63, 3.8) is 0 Å². The zero-order valence-corrected chi connectivity index (χ0v) is 9.78. The molecule has 1 aromatic carbocycles. The van der Waals surface area contributed by atoms with Crippen LogP contribution in [0, 0.1) is 6.92 Å². The molecule has 0 amide bonds. The van der Waals surface area contributed by atoms with Crippen LogP contribution in [0.25, 0.3) is 0 Å². The second kappa shape index (κ2) is 4.19. The van der Waals surface area contributed by atoms with Crippen LogP contribution >= 0.6 is 39.1 Å². The average Bonchev–Trinajstić information content (AvgIpc) is 2.07. The van der Waals surface area contributed by atoms with Crippen LogP contribution in [0.15, 0.2) is 10.5 Å². The van der Waals surface area contributed by atoms with Crippen LogP contribution in [0.5, 0.6) is 0 Å². The highest BCUT2D eigenvalue weighted by atomic mass is 79.9. The zero-order chi connectivity index (χ0) is 10.2. The minimum absolute atomic E-state index is 0.246. The number of benzene rings is 1. The Morgan fingerprint density at radius 3 is 2.31 bits per heavy atom. The second-order valence-corrected chi connectivity index (χ2v) is 4.18. The van der Waals surface area contributed by atoms with Gasteiger partial charge in [0.1, 0.15) is 0 Å². The summed E-state index contributed by atoms with van der Waals surface area (Å²) in [5.41, 5.74) is 0.872. The molecule has 0 aliphatic heterocycles. The minimum Gasteiger partial charge on any atom is -0.423 e. The molecule has 0 spiro atoms. The van der Waals surface area contributed by atoms with Gasteiger partial charge in [0.2, 0.25) is 0 Å². The molecule has 0 aromatic heterocycles. The fourth-order valence-electron chi connectivity index (χ4n) is 0.943. The summed E-state index contributed by atoms with van der Waals surface area (Å²) in [7, 11) is -1.58. The summed E-state index contributed by atoms with van der Waals surface area (Å²) in [6, 6.07) is 1.49. The lowest BCUT2D eigenvalue weighted by Gasteiger charge is -2.09. The van der Waals surface area contributed by atoms with E-state index in [9.17, 15) is 0 Å². The molecule has 0 unspecified atom stereocenters. The Morgan fingerprint density at radius 2 is 1.85 bits per heavy atom. The fourth-order valence-corrected chi connectivity index (χ4v) is 1.93. The molecule has 0 atom stereocenters. The molecule has 70 valence electrons. The molecular weight excluding hydrogens is 278 g/mol. The van der Waals surface area contributed by atoms with Gasteiger partial charge >= 0.3 is 7.12 Å². The number of rotatable bonds is 1. The van der Waals surface area contributed by atoms with Gasteiger partial charge in [-0.2, -0.15) is 0 Å². The summed E-state index contributed by atoms with van der Waals surface area (Å²) in [6.45, 7) is 1.71. The molecule has 1 rings (SSSR count). The van der Waals surface area contributed by atoms with Gasteiger partial charge in [-0.05, 0) is 34.5 Å². The summed E-state index contributed by atoms with van der Waals surface area (Å²) < 4.78 is 0.596. The maximum absolute atomic E-state index is 8.95. The van der Waals surface area contributed by atoms with Crippen molar-refractivity contribution in [3.8, 4) is 0 Å². The van der Waals surface area contributed by atoms with E-state index in [1.165, 1.54) is 6.07 Å². The van der Waals surface area contributed by atoms with E-state index in [1.54, 1.807) is 6.92 Å². The lowest BCUT2D eigenvalue weighted by molar-refractivity contribution is 0.426. The van der Waals surface area contributed by atoms with E-state index >= 15 is 0 Å². The molecule has 0 saturated carbocycles. The van der Waals surface area contributed by atoms with Crippen LogP contribution < -0.4 is 5.46 Å². The van der Waals surface area contributed by atoms with E-state index < -0.39 is 7.12 Å². The monoisotopic (exact) mass is 282 g/mol. The van der Waals surface area contributed by atoms with E-state index in [1.807, 2.05) is 0 Å². The van der Waals surface area contributed by atoms with E-state index in [0.29, 0.717) is 15.1 Å². The van der Waals surface area contributed by atoms with Crippen molar-refractivity contribution in [2.24, 2.45) is 0 Å². The molecule has 0 saturated heterocycles. The average molecular weight is 284 g/mol. The summed E-state index contributed by atoms with van der Waals surface area (Å²) in [5, 5.41) is 18.7. The Balaban J connectivity index is 3.41. The fraction of sp³-hybridized carbons (Fsp3) is 0.143. The van der Waals surface area contributed by atoms with Gasteiger partial charge in [-0.1, -0.05) is 23.2 Å². The molecule has 2 nitrogen and oxygen atoms in total. The molecule has 0 aliphatic rings. The van der Waals surface area contributed by atoms with Gasteiger partial charge in [0, 0.05) is 15.0 Å². The lowest BCUT2D eigenvalue weighted by atomic mass is 9.79. The van der Waals surface area contributed by atoms with E-state index in [4.69, 9.17) is 33.2 Å². The van der Waals surface area contributed by atoms with Gasteiger partial charge in [0.15, 0.2) is 0 Å². The highest BCUT2D eigenvalue weighted by Crippen LogP contribution is 2.29. The van der Waals surface area contributed by atoms with E-state index in [0.717, 1.165) is 0 Å². The molecule has 0 aliphatic carbocycles. The highest BCUT2D eigenvalue weighted by molar-refractivity contribution is 9.10. The number of hydrogen-bond donors (Lipinski definition) is 2. The summed E-state index contributed by atoms with van der Waals surface area (Å²) in [5.74, 6) is 0. The predicted octanol–water partition coefficient (Wildman–Crippen LogP) is 1.74. The van der Waals surface area contributed by atoms with Crippen molar-refractivity contribution in [3.05, 3.63) is 26.1 Å². The highest BCUT2D eigenvalue weighted by Gasteiger charge is 2.19. The van der Waals surface area contributed by atoms with E-state index in [-0.39, 0.29) is 10.5 Å². The molecular formula is C7H6BBrCl2O2. The maximum Gasteiger partial charge on any atom is 0.490 e. The van der Waals surface area contributed by atoms with Crippen molar-refractivity contribution < 1.29 is 10.0 Å². The molecule has 6 heteroatoms. The third-order valence-corrected chi connectivity index (χ3v) is 3.52. The molecule has 0 bridgehead atoms. The molecule has 0 heterocycles. The third-order valence-electron chi connectivity index (χ3n) is 1.68. The van der Waals surface area contributed by atoms with Crippen LogP contribution in [-0.2, 0) is 0 Å². The summed E-state index contributed by atoms with van der Waals surface area (Å²) in [4.78, 5) is 0. The molecule has 0 fully saturated rings. The van der Waals surface area contributed by atoms with Crippen LogP contribution in [0.2, 0.25) is 10.0 Å². The Morgan fingerprint density at radius 1 is 1.31 bits per heavy atom. The van der Waals surface area contributed by atoms with Crippen molar-refractivity contribution >= 4 is 51.7 Å². The second-order valence-electron chi connectivity index (χ2n) is 2.57. The van der Waals surface area contributed by atoms with Crippen LogP contribution in [-0.4, -0.2) is 17.2 Å². The van der Waals surface area contributed by atoms with Crippen molar-refractivity contribution in [1.82, 2.24) is 0 Å². The third kappa shape index (κ3) is 2.19. The van der Waals surface area contributed by atoms with Gasteiger partial charge in [-0.25, -0.2) is 0 Å². The van der Waals surface area contributed by atoms with Crippen LogP contribution in [0.4, 0.5) is 0 Å². The number of hydrogen-bond acceptors (Lipinski definition) is 2. The van der Waals surface area contributed by atoms with Gasteiger partial charge in [0.25, 0.3) is 0 Å². The molecule has 2 N–H and O–H groups in total. The topological polar surface area (TPSA) is 40.5 Å². The molecule has 0 radical (unpaired) electrons. The summed E-state index contributed by atoms with van der Waals surface area (Å²) >= 11 is 14.9. The SMILES string of the molecule is Cc1c(Cl)c(Br)cc(B(O)O)c1Cl. The first-order chi connectivity index (χ1) is 5.95. The first-order valence-electron chi connectivity index (χ1n) is 3.45. The van der Waals surface area contributed by atoms with Gasteiger partial charge in [0.05, 0.1) is 5.02 Å². The lowest BCUT2D eigenvalue weighted by Crippen LogP contribution is -2.31. The minimum atomic E-state index is -1.58. The van der Waals surface area contributed by atoms with E-state index in [2.05, 4.69) is 15.9 Å². The normalized spacial score (nSPS) is 10.3. The Kier molecular flexibility index (Phi) is 3.66. The van der Waals surface area contributed by atoms with Crippen molar-refractivity contribution in [2.45, 2.75) is 6.92 Å². The van der Waals surface area contributed by atoms with Crippen molar-refractivity contribution in [1.29, 1.82) is 0 Å². The Labute approximate surface area is 94.8 Å². The standard InChI is InChI=1S/C7H6BBrCl2O2/c1-3-6(10)4(8(12)13)2-5(9)7(3)11/h2,12-13H,1H3. The first-order valence-corrected chi connectivity index (χ1v) is 5.00.